The van der Waals surface area contributed by atoms with Crippen molar-refractivity contribution < 1.29 is 5.11 Å². The minimum Gasteiger partial charge on any atom is -0.508 e. The number of hydrogen-bond donors (Lipinski definition) is 1. The van der Waals surface area contributed by atoms with Crippen LogP contribution in [0, 0.1) is 0 Å². The summed E-state index contributed by atoms with van der Waals surface area (Å²) < 4.78 is 0. The van der Waals surface area contributed by atoms with Crippen LogP contribution in [-0.2, 0) is 13.1 Å². The highest BCUT2D eigenvalue weighted by molar-refractivity contribution is 5.31. The van der Waals surface area contributed by atoms with Crippen LogP contribution in [0.1, 0.15) is 25.0 Å². The second-order valence-corrected chi connectivity index (χ2v) is 5.11. The van der Waals surface area contributed by atoms with Crippen LogP contribution in [0.4, 0.5) is 0 Å². The SMILES string of the molecule is CC(C)N(Cc1ccccc1)Cc1ccccc1O. The summed E-state index contributed by atoms with van der Waals surface area (Å²) in [5.41, 5.74) is 2.28. The molecule has 0 unspecified atom stereocenters. The highest BCUT2D eigenvalue weighted by Crippen LogP contribution is 2.20. The normalized spacial score (nSPS) is 11.2. The predicted octanol–water partition coefficient (Wildman–Crippen LogP) is 3.80. The average molecular weight is 255 g/mol. The van der Waals surface area contributed by atoms with Gasteiger partial charge in [-0.15, -0.1) is 0 Å². The largest absolute Gasteiger partial charge is 0.508 e. The molecule has 2 aromatic rings. The summed E-state index contributed by atoms with van der Waals surface area (Å²) in [4.78, 5) is 2.35. The Morgan fingerprint density at radius 3 is 2.16 bits per heavy atom. The van der Waals surface area contributed by atoms with Crippen LogP contribution in [0.2, 0.25) is 0 Å². The minimum atomic E-state index is 0.376. The van der Waals surface area contributed by atoms with Crippen LogP contribution in [0.15, 0.2) is 54.6 Å². The van der Waals surface area contributed by atoms with Gasteiger partial charge in [-0.2, -0.15) is 0 Å². The quantitative estimate of drug-likeness (QED) is 0.878. The lowest BCUT2D eigenvalue weighted by Crippen LogP contribution is -2.29. The van der Waals surface area contributed by atoms with E-state index in [0.717, 1.165) is 18.7 Å². The van der Waals surface area contributed by atoms with Crippen LogP contribution in [0.5, 0.6) is 5.75 Å². The molecule has 2 rings (SSSR count). The first-order valence-electron chi connectivity index (χ1n) is 6.71. The number of hydrogen-bond acceptors (Lipinski definition) is 2. The molecule has 0 aliphatic heterocycles. The molecule has 100 valence electrons. The van der Waals surface area contributed by atoms with Gasteiger partial charge >= 0.3 is 0 Å². The second kappa shape index (κ2) is 6.39. The van der Waals surface area contributed by atoms with Crippen LogP contribution in [0.3, 0.4) is 0 Å². The second-order valence-electron chi connectivity index (χ2n) is 5.11. The number of nitrogens with zero attached hydrogens (tertiary/aromatic N) is 1. The zero-order valence-electron chi connectivity index (χ0n) is 11.6. The Labute approximate surface area is 115 Å². The molecule has 0 atom stereocenters. The predicted molar refractivity (Wildman–Crippen MR) is 78.9 cm³/mol. The fraction of sp³-hybridized carbons (Fsp3) is 0.294. The fourth-order valence-corrected chi connectivity index (χ4v) is 2.10. The third-order valence-electron chi connectivity index (χ3n) is 3.32. The summed E-state index contributed by atoms with van der Waals surface area (Å²) in [7, 11) is 0. The lowest BCUT2D eigenvalue weighted by atomic mass is 10.1. The lowest BCUT2D eigenvalue weighted by Gasteiger charge is -2.27. The number of phenolic OH excluding ortho intramolecular Hbond substituents is 1. The molecule has 0 spiro atoms. The molecule has 0 fully saturated rings. The number of phenols is 1. The maximum Gasteiger partial charge on any atom is 0.120 e. The van der Waals surface area contributed by atoms with Gasteiger partial charge in [0.1, 0.15) is 5.75 Å². The maximum absolute atomic E-state index is 9.88. The smallest absolute Gasteiger partial charge is 0.120 e. The Bertz CT molecular complexity index is 508. The molecule has 0 radical (unpaired) electrons. The number of aromatic hydroxyl groups is 1. The molecule has 0 bridgehead atoms. The first kappa shape index (κ1) is 13.6. The van der Waals surface area contributed by atoms with E-state index in [9.17, 15) is 5.11 Å². The lowest BCUT2D eigenvalue weighted by molar-refractivity contribution is 0.201. The van der Waals surface area contributed by atoms with Gasteiger partial charge in [-0.1, -0.05) is 48.5 Å². The first-order valence-corrected chi connectivity index (χ1v) is 6.71. The zero-order valence-corrected chi connectivity index (χ0v) is 11.6. The van der Waals surface area contributed by atoms with Crippen molar-refractivity contribution in [2.24, 2.45) is 0 Å². The van der Waals surface area contributed by atoms with Crippen molar-refractivity contribution >= 4 is 0 Å². The molecule has 0 aliphatic rings. The van der Waals surface area contributed by atoms with Crippen molar-refractivity contribution in [2.45, 2.75) is 33.0 Å². The van der Waals surface area contributed by atoms with E-state index < -0.39 is 0 Å². The van der Waals surface area contributed by atoms with Crippen LogP contribution >= 0.6 is 0 Å². The molecule has 2 nitrogen and oxygen atoms in total. The molecule has 2 heteroatoms. The Hall–Kier alpha value is -1.80. The standard InChI is InChI=1S/C17H21NO/c1-14(2)18(12-15-8-4-3-5-9-15)13-16-10-6-7-11-17(16)19/h3-11,14,19H,12-13H2,1-2H3. The fourth-order valence-electron chi connectivity index (χ4n) is 2.10. The number of rotatable bonds is 5. The Balaban J connectivity index is 2.11. The van der Waals surface area contributed by atoms with Gasteiger partial charge in [0.05, 0.1) is 0 Å². The summed E-state index contributed by atoms with van der Waals surface area (Å²) in [5, 5.41) is 9.88. The van der Waals surface area contributed by atoms with Crippen molar-refractivity contribution in [3.8, 4) is 5.75 Å². The zero-order chi connectivity index (χ0) is 13.7. The molecule has 1 N–H and O–H groups in total. The van der Waals surface area contributed by atoms with E-state index in [4.69, 9.17) is 0 Å². The number of benzene rings is 2. The molecule has 19 heavy (non-hydrogen) atoms. The molecule has 0 heterocycles. The molecule has 0 saturated carbocycles. The van der Waals surface area contributed by atoms with Crippen molar-refractivity contribution in [3.63, 3.8) is 0 Å². The van der Waals surface area contributed by atoms with Crippen LogP contribution in [-0.4, -0.2) is 16.0 Å². The van der Waals surface area contributed by atoms with Crippen molar-refractivity contribution in [2.75, 3.05) is 0 Å². The Morgan fingerprint density at radius 2 is 1.53 bits per heavy atom. The maximum atomic E-state index is 9.88. The van der Waals surface area contributed by atoms with E-state index in [2.05, 4.69) is 43.0 Å². The van der Waals surface area contributed by atoms with Gasteiger partial charge in [-0.25, -0.2) is 0 Å². The summed E-state index contributed by atoms with van der Waals surface area (Å²) in [6.07, 6.45) is 0. The van der Waals surface area contributed by atoms with Gasteiger partial charge in [0.15, 0.2) is 0 Å². The van der Waals surface area contributed by atoms with Crippen molar-refractivity contribution in [1.82, 2.24) is 4.90 Å². The van der Waals surface area contributed by atoms with Crippen molar-refractivity contribution in [3.05, 3.63) is 65.7 Å². The Morgan fingerprint density at radius 1 is 0.895 bits per heavy atom. The highest BCUT2D eigenvalue weighted by Gasteiger charge is 2.12. The van der Waals surface area contributed by atoms with E-state index in [-0.39, 0.29) is 0 Å². The van der Waals surface area contributed by atoms with E-state index in [1.807, 2.05) is 24.3 Å². The van der Waals surface area contributed by atoms with E-state index >= 15 is 0 Å². The van der Waals surface area contributed by atoms with Gasteiger partial charge in [-0.3, -0.25) is 4.90 Å². The van der Waals surface area contributed by atoms with Gasteiger partial charge in [0.2, 0.25) is 0 Å². The van der Waals surface area contributed by atoms with Gasteiger partial charge < -0.3 is 5.11 Å². The third kappa shape index (κ3) is 3.83. The van der Waals surface area contributed by atoms with E-state index in [1.165, 1.54) is 5.56 Å². The average Bonchev–Trinajstić information content (AvgIpc) is 2.41. The van der Waals surface area contributed by atoms with Crippen LogP contribution < -0.4 is 0 Å². The first-order chi connectivity index (χ1) is 9.16. The molecular weight excluding hydrogens is 234 g/mol. The summed E-state index contributed by atoms with van der Waals surface area (Å²) in [5.74, 6) is 0.376. The summed E-state index contributed by atoms with van der Waals surface area (Å²) >= 11 is 0. The molecule has 0 aliphatic carbocycles. The minimum absolute atomic E-state index is 0.376. The summed E-state index contributed by atoms with van der Waals surface area (Å²) in [6.45, 7) is 6.03. The van der Waals surface area contributed by atoms with Gasteiger partial charge in [0.25, 0.3) is 0 Å². The highest BCUT2D eigenvalue weighted by atomic mass is 16.3. The van der Waals surface area contributed by atoms with E-state index in [0.29, 0.717) is 11.8 Å². The summed E-state index contributed by atoms with van der Waals surface area (Å²) in [6, 6.07) is 18.4. The Kier molecular flexibility index (Phi) is 4.58. The monoisotopic (exact) mass is 255 g/mol. The van der Waals surface area contributed by atoms with E-state index in [1.54, 1.807) is 6.07 Å². The van der Waals surface area contributed by atoms with Crippen molar-refractivity contribution in [1.29, 1.82) is 0 Å². The molecule has 0 saturated heterocycles. The van der Waals surface area contributed by atoms with Gasteiger partial charge in [-0.05, 0) is 25.5 Å². The number of para-hydroxylation sites is 1. The topological polar surface area (TPSA) is 23.5 Å². The molecular formula is C17H21NO. The van der Waals surface area contributed by atoms with Crippen LogP contribution in [0.25, 0.3) is 0 Å². The third-order valence-corrected chi connectivity index (χ3v) is 3.32. The molecule has 0 aromatic heterocycles. The molecule has 0 amide bonds. The van der Waals surface area contributed by atoms with Gasteiger partial charge in [0, 0.05) is 24.7 Å². The molecule has 2 aromatic carbocycles.